The Hall–Kier alpha value is -2.18. The van der Waals surface area contributed by atoms with Gasteiger partial charge in [0.2, 0.25) is 0 Å². The number of alkyl halides is 6. The molecule has 0 N–H and O–H groups in total. The zero-order valence-electron chi connectivity index (χ0n) is 14.9. The van der Waals surface area contributed by atoms with E-state index in [0.29, 0.717) is 18.5 Å². The fourth-order valence-corrected chi connectivity index (χ4v) is 4.17. The molecule has 0 saturated heterocycles. The fraction of sp³-hybridized carbons (Fsp3) is 0.400. The molecule has 0 aromatic rings. The van der Waals surface area contributed by atoms with Crippen LogP contribution < -0.4 is 0 Å². The monoisotopic (exact) mass is 387 g/mol. The lowest BCUT2D eigenvalue weighted by Gasteiger charge is -2.51. The van der Waals surface area contributed by atoms with Gasteiger partial charge in [0.1, 0.15) is 0 Å². The normalized spacial score (nSPS) is 22.1. The lowest BCUT2D eigenvalue weighted by Crippen LogP contribution is -2.50. The molecule has 2 heterocycles. The number of nitrogens with zero attached hydrogens (tertiary/aromatic N) is 1. The Bertz CT molecular complexity index is 826. The summed E-state index contributed by atoms with van der Waals surface area (Å²) >= 11 is 0. The van der Waals surface area contributed by atoms with E-state index in [4.69, 9.17) is 0 Å². The van der Waals surface area contributed by atoms with E-state index in [0.717, 1.165) is 0 Å². The minimum Gasteiger partial charge on any atom is -0.338 e. The maximum absolute atomic E-state index is 13.8. The van der Waals surface area contributed by atoms with Crippen molar-refractivity contribution in [1.82, 2.24) is 4.90 Å². The maximum Gasteiger partial charge on any atom is 0.417 e. The van der Waals surface area contributed by atoms with Crippen molar-refractivity contribution in [3.8, 4) is 0 Å². The number of halogens is 6. The van der Waals surface area contributed by atoms with E-state index < -0.39 is 35.5 Å². The lowest BCUT2D eigenvalue weighted by atomic mass is 9.69. The predicted molar refractivity (Wildman–Crippen MR) is 91.4 cm³/mol. The zero-order valence-corrected chi connectivity index (χ0v) is 14.9. The predicted octanol–water partition coefficient (Wildman–Crippen LogP) is 6.51. The van der Waals surface area contributed by atoms with Gasteiger partial charge in [0.25, 0.3) is 0 Å². The molecule has 146 valence electrons. The molecule has 1 nitrogen and oxygen atoms in total. The first-order valence-electron chi connectivity index (χ1n) is 8.64. The van der Waals surface area contributed by atoms with Crippen LogP contribution in [-0.2, 0) is 0 Å². The third-order valence-electron chi connectivity index (χ3n) is 5.59. The first-order valence-corrected chi connectivity index (χ1v) is 8.64. The van der Waals surface area contributed by atoms with E-state index in [-0.39, 0.29) is 22.8 Å². The van der Waals surface area contributed by atoms with Gasteiger partial charge >= 0.3 is 12.4 Å². The summed E-state index contributed by atoms with van der Waals surface area (Å²) in [7, 11) is 0. The quantitative estimate of drug-likeness (QED) is 0.489. The first kappa shape index (κ1) is 19.6. The highest BCUT2D eigenvalue weighted by atomic mass is 19.4. The molecule has 0 spiro atoms. The van der Waals surface area contributed by atoms with Crippen LogP contribution in [0.25, 0.3) is 0 Å². The summed E-state index contributed by atoms with van der Waals surface area (Å²) in [6.07, 6.45) is -2.53. The Labute approximate surface area is 153 Å². The molecule has 7 heteroatoms. The summed E-state index contributed by atoms with van der Waals surface area (Å²) in [5, 5.41) is 0. The highest BCUT2D eigenvalue weighted by Gasteiger charge is 2.50. The lowest BCUT2D eigenvalue weighted by molar-refractivity contribution is -0.0981. The zero-order chi connectivity index (χ0) is 20.2. The van der Waals surface area contributed by atoms with Crippen LogP contribution in [0.4, 0.5) is 26.3 Å². The Morgan fingerprint density at radius 2 is 1.67 bits per heavy atom. The minimum absolute atomic E-state index is 0.0280. The van der Waals surface area contributed by atoms with Crippen LogP contribution in [0.3, 0.4) is 0 Å². The third kappa shape index (κ3) is 2.87. The van der Waals surface area contributed by atoms with Gasteiger partial charge in [-0.2, -0.15) is 26.3 Å². The van der Waals surface area contributed by atoms with Crippen molar-refractivity contribution in [2.24, 2.45) is 0 Å². The van der Waals surface area contributed by atoms with Crippen molar-refractivity contribution in [1.29, 1.82) is 0 Å². The second kappa shape index (κ2) is 6.17. The highest BCUT2D eigenvalue weighted by molar-refractivity contribution is 5.67. The highest BCUT2D eigenvalue weighted by Crippen LogP contribution is 2.54. The molecule has 0 aromatic carbocycles. The molecule has 0 radical (unpaired) electrons. The first-order chi connectivity index (χ1) is 12.5. The van der Waals surface area contributed by atoms with E-state index >= 15 is 0 Å². The second-order valence-electron chi connectivity index (χ2n) is 6.78. The topological polar surface area (TPSA) is 3.24 Å². The number of rotatable bonds is 2. The molecule has 0 atom stereocenters. The van der Waals surface area contributed by atoms with E-state index in [2.05, 4.69) is 6.58 Å². The van der Waals surface area contributed by atoms with Crippen LogP contribution in [0.5, 0.6) is 0 Å². The average molecular weight is 387 g/mol. The Balaban J connectivity index is 2.40. The Morgan fingerprint density at radius 1 is 1.04 bits per heavy atom. The van der Waals surface area contributed by atoms with Gasteiger partial charge in [0.05, 0.1) is 11.1 Å². The summed E-state index contributed by atoms with van der Waals surface area (Å²) in [4.78, 5) is 1.78. The van der Waals surface area contributed by atoms with E-state index in [1.165, 1.54) is 0 Å². The molecule has 2 aliphatic heterocycles. The van der Waals surface area contributed by atoms with Crippen LogP contribution in [-0.4, -0.2) is 22.8 Å². The Morgan fingerprint density at radius 3 is 2.19 bits per heavy atom. The molecule has 0 aromatic heterocycles. The number of hydrogen-bond acceptors (Lipinski definition) is 1. The minimum atomic E-state index is -4.91. The fourth-order valence-electron chi connectivity index (χ4n) is 4.17. The molecule has 0 bridgehead atoms. The van der Waals surface area contributed by atoms with Gasteiger partial charge in [-0.1, -0.05) is 26.5 Å². The second-order valence-corrected chi connectivity index (χ2v) is 6.78. The van der Waals surface area contributed by atoms with Crippen molar-refractivity contribution in [2.45, 2.75) is 51.0 Å². The number of allylic oxidation sites excluding steroid dienone is 7. The number of fused-ring (bicyclic) bond motifs is 2. The summed E-state index contributed by atoms with van der Waals surface area (Å²) in [5.74, 6) is 0. The van der Waals surface area contributed by atoms with Crippen molar-refractivity contribution in [2.75, 3.05) is 0 Å². The van der Waals surface area contributed by atoms with Crippen molar-refractivity contribution in [3.05, 3.63) is 70.6 Å². The number of hydrogen-bond donors (Lipinski definition) is 0. The van der Waals surface area contributed by atoms with Gasteiger partial charge in [-0.3, -0.25) is 0 Å². The van der Waals surface area contributed by atoms with E-state index in [1.807, 2.05) is 13.8 Å². The van der Waals surface area contributed by atoms with Gasteiger partial charge < -0.3 is 4.90 Å². The van der Waals surface area contributed by atoms with Crippen LogP contribution in [0, 0.1) is 0 Å². The van der Waals surface area contributed by atoms with Crippen LogP contribution >= 0.6 is 0 Å². The summed E-state index contributed by atoms with van der Waals surface area (Å²) in [5.41, 5.74) is -2.84. The molecule has 0 amide bonds. The van der Waals surface area contributed by atoms with Crippen LogP contribution in [0.15, 0.2) is 70.6 Å². The third-order valence-corrected chi connectivity index (χ3v) is 5.59. The molecule has 3 aliphatic rings. The molecule has 27 heavy (non-hydrogen) atoms. The van der Waals surface area contributed by atoms with Crippen LogP contribution in [0.2, 0.25) is 0 Å². The molecule has 0 unspecified atom stereocenters. The smallest absolute Gasteiger partial charge is 0.338 e. The van der Waals surface area contributed by atoms with Crippen molar-refractivity contribution >= 4 is 0 Å². The molecule has 0 saturated carbocycles. The van der Waals surface area contributed by atoms with E-state index in [9.17, 15) is 26.3 Å². The SMILES string of the molecule is C=C1C2=C(C(F)(F)F)C=C(C(F)(F)F)CC2=C2C=CC=CN2C1(CC)CC. The van der Waals surface area contributed by atoms with Crippen molar-refractivity contribution < 1.29 is 26.3 Å². The van der Waals surface area contributed by atoms with E-state index in [1.54, 1.807) is 29.3 Å². The van der Waals surface area contributed by atoms with Gasteiger partial charge in [-0.25, -0.2) is 0 Å². The summed E-state index contributed by atoms with van der Waals surface area (Å²) in [6, 6.07) is 0. The van der Waals surface area contributed by atoms with Gasteiger partial charge in [0.15, 0.2) is 0 Å². The molecular formula is C20H19F6N. The molecule has 3 rings (SSSR count). The average Bonchev–Trinajstić information content (AvgIpc) is 2.60. The molecule has 0 fully saturated rings. The molecular weight excluding hydrogens is 368 g/mol. The maximum atomic E-state index is 13.8. The Kier molecular flexibility index (Phi) is 4.48. The van der Waals surface area contributed by atoms with Crippen molar-refractivity contribution in [3.63, 3.8) is 0 Å². The molecule has 1 aliphatic carbocycles. The van der Waals surface area contributed by atoms with Gasteiger partial charge in [-0.05, 0) is 47.8 Å². The summed E-state index contributed by atoms with van der Waals surface area (Å²) < 4.78 is 81.2. The van der Waals surface area contributed by atoms with Gasteiger partial charge in [-0.15, -0.1) is 0 Å². The summed E-state index contributed by atoms with van der Waals surface area (Å²) in [6.45, 7) is 7.62. The van der Waals surface area contributed by atoms with Crippen LogP contribution in [0.1, 0.15) is 33.1 Å². The van der Waals surface area contributed by atoms with Gasteiger partial charge in [0, 0.05) is 23.9 Å². The largest absolute Gasteiger partial charge is 0.417 e. The standard InChI is InChI=1S/C20H19F6N/c1-4-18(5-2)12(3)17-14(16-8-6-7-9-27(16)18)10-13(19(21,22)23)11-15(17)20(24,25)26/h6-9,11H,3-5,10H2,1-2H3.